The smallest absolute Gasteiger partial charge is 0.273 e. The van der Waals surface area contributed by atoms with Crippen molar-refractivity contribution in [2.75, 3.05) is 19.6 Å². The number of benzene rings is 1. The van der Waals surface area contributed by atoms with Crippen molar-refractivity contribution in [3.05, 3.63) is 69.8 Å². The van der Waals surface area contributed by atoms with Gasteiger partial charge in [0, 0.05) is 31.3 Å². The lowest BCUT2D eigenvalue weighted by molar-refractivity contribution is -0.137. The van der Waals surface area contributed by atoms with Crippen LogP contribution in [0.3, 0.4) is 0 Å². The van der Waals surface area contributed by atoms with E-state index in [1.54, 1.807) is 5.38 Å². The van der Waals surface area contributed by atoms with Crippen molar-refractivity contribution in [3.8, 4) is 0 Å². The van der Waals surface area contributed by atoms with Crippen LogP contribution in [0, 0.1) is 11.8 Å². The number of oxazole rings is 1. The number of nitrogens with one attached hydrogen (secondary N) is 3. The van der Waals surface area contributed by atoms with Gasteiger partial charge in [-0.25, -0.2) is 9.97 Å². The van der Waals surface area contributed by atoms with Crippen LogP contribution in [-0.2, 0) is 16.0 Å². The molecule has 3 heterocycles. The van der Waals surface area contributed by atoms with Gasteiger partial charge in [0.05, 0.1) is 12.6 Å². The van der Waals surface area contributed by atoms with E-state index < -0.39 is 23.9 Å². The van der Waals surface area contributed by atoms with Crippen molar-refractivity contribution in [2.45, 2.75) is 52.6 Å². The van der Waals surface area contributed by atoms with Crippen LogP contribution in [0.2, 0.25) is 0 Å². The van der Waals surface area contributed by atoms with Crippen LogP contribution in [0.1, 0.15) is 83.6 Å². The second kappa shape index (κ2) is 13.5. The summed E-state index contributed by atoms with van der Waals surface area (Å²) in [5, 5.41) is 10.9. The quantitative estimate of drug-likeness (QED) is 0.420. The minimum atomic E-state index is -0.666. The molecule has 1 aromatic carbocycles. The van der Waals surface area contributed by atoms with Crippen LogP contribution < -0.4 is 16.0 Å². The number of rotatable bonds is 5. The van der Waals surface area contributed by atoms with Crippen LogP contribution in [-0.4, -0.2) is 58.1 Å². The van der Waals surface area contributed by atoms with Gasteiger partial charge in [0.15, 0.2) is 5.69 Å². The number of hydrogen-bond acceptors (Lipinski definition) is 8. The summed E-state index contributed by atoms with van der Waals surface area (Å²) >= 11 is 1.28. The zero-order valence-electron chi connectivity index (χ0n) is 23.7. The van der Waals surface area contributed by atoms with Gasteiger partial charge in [0.25, 0.3) is 11.8 Å². The molecule has 3 N–H and O–H groups in total. The molecule has 4 bridgehead atoms. The number of hydrogen-bond donors (Lipinski definition) is 3. The van der Waals surface area contributed by atoms with Gasteiger partial charge < -0.3 is 25.3 Å². The Morgan fingerprint density at radius 3 is 2.51 bits per heavy atom. The molecule has 2 atom stereocenters. The Hall–Kier alpha value is -4.06. The van der Waals surface area contributed by atoms with E-state index in [0.29, 0.717) is 11.4 Å². The minimum absolute atomic E-state index is 0.0257. The predicted octanol–water partition coefficient (Wildman–Crippen LogP) is 3.28. The van der Waals surface area contributed by atoms with E-state index >= 15 is 0 Å². The van der Waals surface area contributed by atoms with E-state index in [0.717, 1.165) is 5.56 Å². The van der Waals surface area contributed by atoms with E-state index in [4.69, 9.17) is 4.42 Å². The highest BCUT2D eigenvalue weighted by Gasteiger charge is 2.28. The zero-order chi connectivity index (χ0) is 29.5. The molecule has 4 amide bonds. The molecule has 2 aromatic heterocycles. The maximum Gasteiger partial charge on any atom is 0.273 e. The Morgan fingerprint density at radius 1 is 1.05 bits per heavy atom. The highest BCUT2D eigenvalue weighted by molar-refractivity contribution is 7.09. The molecule has 0 fully saturated rings. The Bertz CT molecular complexity index is 1370. The second-order valence-electron chi connectivity index (χ2n) is 10.8. The second-order valence-corrected chi connectivity index (χ2v) is 11.7. The first kappa shape index (κ1) is 29.9. The van der Waals surface area contributed by atoms with Crippen molar-refractivity contribution >= 4 is 35.0 Å². The number of nitrogens with zero attached hydrogens (tertiary/aromatic N) is 3. The number of aromatic nitrogens is 2. The van der Waals surface area contributed by atoms with E-state index in [-0.39, 0.29) is 67.0 Å². The molecule has 3 aromatic rings. The summed E-state index contributed by atoms with van der Waals surface area (Å²) in [5.74, 6) is -1.19. The highest BCUT2D eigenvalue weighted by atomic mass is 32.1. The molecule has 11 nitrogen and oxygen atoms in total. The van der Waals surface area contributed by atoms with Gasteiger partial charge in [-0.3, -0.25) is 19.2 Å². The molecule has 41 heavy (non-hydrogen) atoms. The topological polar surface area (TPSA) is 147 Å². The minimum Gasteiger partial charge on any atom is -0.446 e. The fourth-order valence-electron chi connectivity index (χ4n) is 4.44. The van der Waals surface area contributed by atoms with Gasteiger partial charge >= 0.3 is 0 Å². The summed E-state index contributed by atoms with van der Waals surface area (Å²) in [4.78, 5) is 62.6. The summed E-state index contributed by atoms with van der Waals surface area (Å²) in [6, 6.07) is 8.43. The normalized spacial score (nSPS) is 18.9. The average molecular weight is 581 g/mol. The number of fused-ring (bicyclic) bond motifs is 4. The van der Waals surface area contributed by atoms with Gasteiger partial charge in [-0.2, -0.15) is 0 Å². The lowest BCUT2D eigenvalue weighted by Gasteiger charge is -2.26. The molecule has 218 valence electrons. The molecule has 0 radical (unpaired) electrons. The van der Waals surface area contributed by atoms with Gasteiger partial charge in [-0.05, 0) is 17.4 Å². The van der Waals surface area contributed by atoms with Crippen LogP contribution >= 0.6 is 11.3 Å². The maximum absolute atomic E-state index is 13.3. The van der Waals surface area contributed by atoms with Crippen LogP contribution in [0.25, 0.3) is 0 Å². The number of thiazole rings is 1. The van der Waals surface area contributed by atoms with Crippen molar-refractivity contribution in [2.24, 2.45) is 11.8 Å². The third kappa shape index (κ3) is 8.00. The van der Waals surface area contributed by atoms with E-state index in [9.17, 15) is 19.2 Å². The third-order valence-corrected chi connectivity index (χ3v) is 7.51. The molecule has 0 spiro atoms. The fraction of sp³-hybridized carbons (Fsp3) is 0.448. The average Bonchev–Trinajstić information content (AvgIpc) is 3.61. The van der Waals surface area contributed by atoms with E-state index in [1.165, 1.54) is 22.5 Å². The fourth-order valence-corrected chi connectivity index (χ4v) is 5.46. The van der Waals surface area contributed by atoms with Gasteiger partial charge in [0.1, 0.15) is 23.0 Å². The maximum atomic E-state index is 13.3. The summed E-state index contributed by atoms with van der Waals surface area (Å²) < 4.78 is 5.66. The van der Waals surface area contributed by atoms with Crippen molar-refractivity contribution in [1.82, 2.24) is 30.8 Å². The van der Waals surface area contributed by atoms with E-state index in [1.807, 2.05) is 58.0 Å². The molecule has 0 saturated heterocycles. The largest absolute Gasteiger partial charge is 0.446 e. The lowest BCUT2D eigenvalue weighted by Crippen LogP contribution is -2.45. The lowest BCUT2D eigenvalue weighted by atomic mass is 10.0. The Kier molecular flexibility index (Phi) is 9.87. The van der Waals surface area contributed by atoms with Crippen molar-refractivity contribution in [3.63, 3.8) is 0 Å². The molecule has 0 unspecified atom stereocenters. The van der Waals surface area contributed by atoms with E-state index in [2.05, 4.69) is 25.9 Å². The summed E-state index contributed by atoms with van der Waals surface area (Å²) in [6.45, 7) is 7.86. The number of amides is 4. The monoisotopic (exact) mass is 580 g/mol. The van der Waals surface area contributed by atoms with Gasteiger partial charge in [-0.15, -0.1) is 11.3 Å². The van der Waals surface area contributed by atoms with Crippen LogP contribution in [0.5, 0.6) is 0 Å². The first-order valence-electron chi connectivity index (χ1n) is 13.7. The zero-order valence-corrected chi connectivity index (χ0v) is 24.5. The van der Waals surface area contributed by atoms with Crippen molar-refractivity contribution in [1.29, 1.82) is 0 Å². The van der Waals surface area contributed by atoms with Crippen molar-refractivity contribution < 1.29 is 23.6 Å². The Labute approximate surface area is 243 Å². The molecule has 1 aliphatic heterocycles. The molecule has 12 heteroatoms. The van der Waals surface area contributed by atoms with Gasteiger partial charge in [0.2, 0.25) is 17.7 Å². The molecule has 4 rings (SSSR count). The third-order valence-electron chi connectivity index (χ3n) is 6.58. The molecule has 0 aliphatic carbocycles. The Morgan fingerprint density at radius 2 is 1.80 bits per heavy atom. The molecular formula is C29H36N6O5S. The predicted molar refractivity (Wildman–Crippen MR) is 153 cm³/mol. The summed E-state index contributed by atoms with van der Waals surface area (Å²) in [5.41, 5.74) is 1.18. The Balaban J connectivity index is 1.67. The molecule has 0 saturated carbocycles. The first-order chi connectivity index (χ1) is 19.6. The number of carbonyl (C=O) groups is 4. The SMILES string of the molecule is CC(C)CC(=O)N1CCNC(=O)c2coc(n2)[C@H](Cc2ccccc2)NC(=O)c2csc(n2)[C@H](C(C)C)NC(=O)C1. The molecule has 1 aliphatic rings. The first-order valence-corrected chi connectivity index (χ1v) is 14.6. The standard InChI is InChI=1S/C29H36N6O5S/c1-17(2)12-24(37)35-11-10-30-26(38)21-15-40-28(32-21)20(13-19-8-6-5-7-9-19)31-27(39)22-16-41-29(33-22)25(18(3)4)34-23(36)14-35/h5-9,15-18,20,25H,10-14H2,1-4H3,(H,30,38)(H,31,39)(H,34,36)/t20-,25-/m0/s1. The van der Waals surface area contributed by atoms with Gasteiger partial charge in [-0.1, -0.05) is 58.0 Å². The highest BCUT2D eigenvalue weighted by Crippen LogP contribution is 2.26. The summed E-state index contributed by atoms with van der Waals surface area (Å²) in [7, 11) is 0. The summed E-state index contributed by atoms with van der Waals surface area (Å²) in [6.07, 6.45) is 1.89. The van der Waals surface area contributed by atoms with Crippen LogP contribution in [0.4, 0.5) is 0 Å². The molecular weight excluding hydrogens is 544 g/mol. The number of carbonyl (C=O) groups excluding carboxylic acids is 4. The van der Waals surface area contributed by atoms with Crippen LogP contribution in [0.15, 0.2) is 46.4 Å².